The molecule has 0 atom stereocenters. The molecule has 0 fully saturated rings. The number of fused-ring (bicyclic) bond motifs is 2. The van der Waals surface area contributed by atoms with E-state index in [9.17, 15) is 5.11 Å². The number of benzene rings is 4. The van der Waals surface area contributed by atoms with E-state index in [1.54, 1.807) is 6.07 Å². The number of aromatic hydroxyl groups is 1. The molecule has 1 N–H and O–H groups in total. The van der Waals surface area contributed by atoms with Crippen molar-refractivity contribution < 1.29 is 5.11 Å². The zero-order valence-corrected chi connectivity index (χ0v) is 18.1. The third-order valence-corrected chi connectivity index (χ3v) is 6.28. The van der Waals surface area contributed by atoms with Crippen LogP contribution in [-0.4, -0.2) is 21.7 Å². The molecule has 0 saturated carbocycles. The molecule has 2 heterocycles. The number of anilines is 1. The lowest BCUT2D eigenvalue weighted by Gasteiger charge is -2.22. The van der Waals surface area contributed by atoms with E-state index in [0.29, 0.717) is 12.4 Å². The van der Waals surface area contributed by atoms with Crippen molar-refractivity contribution in [2.24, 2.45) is 0 Å². The Balaban J connectivity index is 1.34. The molecule has 4 nitrogen and oxygen atoms in total. The second-order valence-corrected chi connectivity index (χ2v) is 8.38. The maximum atomic E-state index is 10.2. The fraction of sp³-hybridized carbons (Fsp3) is 0.0690. The largest absolute Gasteiger partial charge is 0.506 e. The number of rotatable bonds is 4. The van der Waals surface area contributed by atoms with Crippen molar-refractivity contribution in [3.8, 4) is 17.0 Å². The van der Waals surface area contributed by atoms with Gasteiger partial charge in [0.2, 0.25) is 0 Å². The molecule has 0 bridgehead atoms. The van der Waals surface area contributed by atoms with Crippen LogP contribution in [-0.2, 0) is 6.54 Å². The van der Waals surface area contributed by atoms with Crippen LogP contribution in [0.15, 0.2) is 110 Å². The van der Waals surface area contributed by atoms with Crippen molar-refractivity contribution in [1.29, 1.82) is 0 Å². The van der Waals surface area contributed by atoms with Crippen molar-refractivity contribution in [2.45, 2.75) is 6.54 Å². The Morgan fingerprint density at radius 1 is 0.758 bits per heavy atom. The van der Waals surface area contributed by atoms with Crippen LogP contribution in [0.4, 0.5) is 5.69 Å². The van der Waals surface area contributed by atoms with Gasteiger partial charge in [0.25, 0.3) is 0 Å². The maximum absolute atomic E-state index is 10.2. The summed E-state index contributed by atoms with van der Waals surface area (Å²) in [4.78, 5) is 9.03. The smallest absolute Gasteiger partial charge is 0.139 e. The minimum atomic E-state index is 0.293. The van der Waals surface area contributed by atoms with Crippen LogP contribution in [0.25, 0.3) is 32.8 Å². The fourth-order valence-electron chi connectivity index (χ4n) is 4.62. The summed E-state index contributed by atoms with van der Waals surface area (Å²) in [5.41, 5.74) is 4.22. The molecule has 0 aliphatic carbocycles. The van der Waals surface area contributed by atoms with Gasteiger partial charge in [0, 0.05) is 36.1 Å². The minimum absolute atomic E-state index is 0.293. The van der Waals surface area contributed by atoms with E-state index < -0.39 is 0 Å². The first-order chi connectivity index (χ1) is 16.3. The molecule has 33 heavy (non-hydrogen) atoms. The first kappa shape index (κ1) is 19.4. The van der Waals surface area contributed by atoms with Gasteiger partial charge >= 0.3 is 0 Å². The second-order valence-electron chi connectivity index (χ2n) is 8.38. The van der Waals surface area contributed by atoms with E-state index in [4.69, 9.17) is 4.98 Å². The summed E-state index contributed by atoms with van der Waals surface area (Å²) in [6.45, 7) is 1.48. The number of aromatic nitrogens is 1. The first-order valence-corrected chi connectivity index (χ1v) is 11.1. The van der Waals surface area contributed by atoms with Gasteiger partial charge in [-0.25, -0.2) is 0 Å². The van der Waals surface area contributed by atoms with Crippen molar-refractivity contribution in [3.05, 3.63) is 115 Å². The van der Waals surface area contributed by atoms with E-state index in [1.807, 2.05) is 30.6 Å². The maximum Gasteiger partial charge on any atom is 0.139 e. The molecule has 4 aromatic carbocycles. The number of hydrogen-bond acceptors (Lipinski definition) is 4. The highest BCUT2D eigenvalue weighted by Crippen LogP contribution is 2.32. The van der Waals surface area contributed by atoms with Crippen LogP contribution < -0.4 is 4.90 Å². The quantitative estimate of drug-likeness (QED) is 0.353. The van der Waals surface area contributed by atoms with Crippen LogP contribution in [0.2, 0.25) is 0 Å². The Morgan fingerprint density at radius 3 is 2.52 bits per heavy atom. The summed E-state index contributed by atoms with van der Waals surface area (Å²) < 4.78 is 0. The Bertz CT molecular complexity index is 1500. The summed E-state index contributed by atoms with van der Waals surface area (Å²) in [6.07, 6.45) is 5.99. The molecule has 160 valence electrons. The lowest BCUT2D eigenvalue weighted by atomic mass is 9.98. The van der Waals surface area contributed by atoms with Gasteiger partial charge in [0.15, 0.2) is 0 Å². The summed E-state index contributed by atoms with van der Waals surface area (Å²) in [7, 11) is 0. The average molecular weight is 430 g/mol. The molecular weight excluding hydrogens is 406 g/mol. The monoisotopic (exact) mass is 429 g/mol. The molecule has 0 spiro atoms. The van der Waals surface area contributed by atoms with E-state index in [0.717, 1.165) is 28.9 Å². The second kappa shape index (κ2) is 7.99. The van der Waals surface area contributed by atoms with Gasteiger partial charge in [-0.05, 0) is 46.0 Å². The molecule has 5 aromatic rings. The van der Waals surface area contributed by atoms with Crippen LogP contribution in [0, 0.1) is 0 Å². The molecule has 0 amide bonds. The number of hydrogen-bond donors (Lipinski definition) is 1. The SMILES string of the molecule is Oc1ccccc1N1C=CN(Cc2cccc3ccc(-c4nccc5ccccc45)cc23)C1. The van der Waals surface area contributed by atoms with E-state index in [1.165, 1.54) is 21.7 Å². The summed E-state index contributed by atoms with van der Waals surface area (Å²) >= 11 is 0. The van der Waals surface area contributed by atoms with Crippen LogP contribution in [0.5, 0.6) is 5.75 Å². The number of phenolic OH excluding ortho intramolecular Hbond substituents is 1. The number of para-hydroxylation sites is 2. The van der Waals surface area contributed by atoms with E-state index >= 15 is 0 Å². The zero-order chi connectivity index (χ0) is 22.2. The standard InChI is InChI=1S/C29H23N3O/c33-28-11-4-3-10-27(28)32-17-16-31(20-32)19-24-8-5-7-21-12-13-23(18-26(21)24)29-25-9-2-1-6-22(25)14-15-30-29/h1-18,33H,19-20H2. The number of nitrogens with zero attached hydrogens (tertiary/aromatic N) is 3. The summed E-state index contributed by atoms with van der Waals surface area (Å²) in [6, 6.07) is 31.0. The van der Waals surface area contributed by atoms with Gasteiger partial charge in [0.05, 0.1) is 18.1 Å². The van der Waals surface area contributed by atoms with Crippen molar-refractivity contribution in [1.82, 2.24) is 9.88 Å². The number of phenols is 1. The molecular formula is C29H23N3O. The third-order valence-electron chi connectivity index (χ3n) is 6.28. The van der Waals surface area contributed by atoms with E-state index in [-0.39, 0.29) is 0 Å². The van der Waals surface area contributed by atoms with Gasteiger partial charge < -0.3 is 14.9 Å². The van der Waals surface area contributed by atoms with Crippen molar-refractivity contribution in [2.75, 3.05) is 11.6 Å². The summed E-state index contributed by atoms with van der Waals surface area (Å²) in [5, 5.41) is 15.0. The Labute approximate surface area is 192 Å². The lowest BCUT2D eigenvalue weighted by Crippen LogP contribution is -2.24. The highest BCUT2D eigenvalue weighted by molar-refractivity contribution is 5.97. The summed E-state index contributed by atoms with van der Waals surface area (Å²) in [5.74, 6) is 0.293. The van der Waals surface area contributed by atoms with Gasteiger partial charge in [0.1, 0.15) is 5.75 Å². The van der Waals surface area contributed by atoms with Crippen LogP contribution >= 0.6 is 0 Å². The van der Waals surface area contributed by atoms with Crippen molar-refractivity contribution in [3.63, 3.8) is 0 Å². The molecule has 6 rings (SSSR count). The molecule has 0 saturated heterocycles. The first-order valence-electron chi connectivity index (χ1n) is 11.1. The predicted octanol–water partition coefficient (Wildman–Crippen LogP) is 6.51. The Morgan fingerprint density at radius 2 is 1.58 bits per heavy atom. The Kier molecular flexibility index (Phi) is 4.69. The van der Waals surface area contributed by atoms with Gasteiger partial charge in [-0.3, -0.25) is 4.98 Å². The predicted molar refractivity (Wildman–Crippen MR) is 135 cm³/mol. The lowest BCUT2D eigenvalue weighted by molar-refractivity contribution is 0.399. The van der Waals surface area contributed by atoms with Gasteiger partial charge in [-0.15, -0.1) is 0 Å². The van der Waals surface area contributed by atoms with Gasteiger partial charge in [-0.2, -0.15) is 0 Å². The highest BCUT2D eigenvalue weighted by Gasteiger charge is 2.17. The molecule has 1 aliphatic heterocycles. The average Bonchev–Trinajstić information content (AvgIpc) is 3.32. The van der Waals surface area contributed by atoms with Crippen molar-refractivity contribution >= 4 is 27.2 Å². The molecule has 4 heteroatoms. The van der Waals surface area contributed by atoms with Gasteiger partial charge in [-0.1, -0.05) is 66.7 Å². The molecule has 0 unspecified atom stereocenters. The minimum Gasteiger partial charge on any atom is -0.506 e. The normalized spacial score (nSPS) is 13.3. The number of pyridine rings is 1. The third kappa shape index (κ3) is 3.56. The van der Waals surface area contributed by atoms with Crippen LogP contribution in [0.1, 0.15) is 5.56 Å². The zero-order valence-electron chi connectivity index (χ0n) is 18.1. The molecule has 1 aromatic heterocycles. The Hall–Kier alpha value is -4.31. The fourth-order valence-corrected chi connectivity index (χ4v) is 4.62. The highest BCUT2D eigenvalue weighted by atomic mass is 16.3. The van der Waals surface area contributed by atoms with Crippen LogP contribution in [0.3, 0.4) is 0 Å². The topological polar surface area (TPSA) is 39.6 Å². The van der Waals surface area contributed by atoms with E-state index in [2.05, 4.69) is 82.7 Å². The molecule has 1 aliphatic rings. The molecule has 0 radical (unpaired) electrons.